The largest absolute Gasteiger partial charge is 0.480 e. The van der Waals surface area contributed by atoms with E-state index >= 15 is 0 Å². The van der Waals surface area contributed by atoms with Crippen molar-refractivity contribution in [2.24, 2.45) is 0 Å². The third-order valence-electron chi connectivity index (χ3n) is 3.29. The van der Waals surface area contributed by atoms with E-state index in [0.29, 0.717) is 5.69 Å². The topological polar surface area (TPSA) is 101 Å². The van der Waals surface area contributed by atoms with Crippen LogP contribution in [-0.2, 0) is 16.1 Å². The summed E-state index contributed by atoms with van der Waals surface area (Å²) in [5.41, 5.74) is 0.944. The lowest BCUT2D eigenvalue weighted by atomic mass is 10.1. The molecular weight excluding hydrogens is 330 g/mol. The van der Waals surface area contributed by atoms with Crippen LogP contribution in [0, 0.1) is 0 Å². The van der Waals surface area contributed by atoms with Crippen LogP contribution >= 0.6 is 11.8 Å². The zero-order valence-electron chi connectivity index (χ0n) is 13.2. The molecule has 8 heteroatoms. The summed E-state index contributed by atoms with van der Waals surface area (Å²) in [5.74, 6) is -1.74. The smallest absolute Gasteiger partial charge is 0.325 e. The summed E-state index contributed by atoms with van der Waals surface area (Å²) in [6.07, 6.45) is 1.98. The highest BCUT2D eigenvalue weighted by atomic mass is 32.2. The average molecular weight is 347 g/mol. The monoisotopic (exact) mass is 347 g/mol. The van der Waals surface area contributed by atoms with Crippen LogP contribution in [0.2, 0.25) is 0 Å². The number of nitrogens with one attached hydrogen (secondary N) is 1. The highest BCUT2D eigenvalue weighted by molar-refractivity contribution is 7.98. The van der Waals surface area contributed by atoms with E-state index in [4.69, 9.17) is 5.11 Å². The first kappa shape index (κ1) is 17.7. The van der Waals surface area contributed by atoms with Gasteiger partial charge in [-0.1, -0.05) is 12.1 Å². The van der Waals surface area contributed by atoms with Crippen LogP contribution in [0.15, 0.2) is 46.1 Å². The third-order valence-corrected chi connectivity index (χ3v) is 4.04. The minimum atomic E-state index is -1.15. The van der Waals surface area contributed by atoms with Gasteiger partial charge < -0.3 is 10.4 Å². The van der Waals surface area contributed by atoms with E-state index in [-0.39, 0.29) is 6.54 Å². The Morgan fingerprint density at radius 2 is 1.92 bits per heavy atom. The summed E-state index contributed by atoms with van der Waals surface area (Å²) in [7, 11) is 0. The molecule has 1 heterocycles. The first-order chi connectivity index (χ1) is 11.4. The molecule has 0 aliphatic rings. The van der Waals surface area contributed by atoms with E-state index in [1.54, 1.807) is 17.8 Å². The van der Waals surface area contributed by atoms with Crippen molar-refractivity contribution in [1.29, 1.82) is 0 Å². The van der Waals surface area contributed by atoms with Gasteiger partial charge in [-0.2, -0.15) is 5.10 Å². The molecule has 0 unspecified atom stereocenters. The van der Waals surface area contributed by atoms with Crippen molar-refractivity contribution in [2.75, 3.05) is 6.26 Å². The van der Waals surface area contributed by atoms with E-state index in [2.05, 4.69) is 10.4 Å². The number of carbonyl (C=O) groups excluding carboxylic acids is 1. The molecule has 2 aromatic rings. The van der Waals surface area contributed by atoms with Crippen molar-refractivity contribution in [3.05, 3.63) is 46.8 Å². The number of benzene rings is 1. The lowest BCUT2D eigenvalue weighted by Gasteiger charge is -2.11. The fraction of sp³-hybridized carbons (Fsp3) is 0.250. The lowest BCUT2D eigenvalue weighted by Crippen LogP contribution is -2.41. The van der Waals surface area contributed by atoms with Crippen molar-refractivity contribution < 1.29 is 14.7 Å². The van der Waals surface area contributed by atoms with Gasteiger partial charge in [0.1, 0.15) is 12.6 Å². The maximum Gasteiger partial charge on any atom is 0.325 e. The molecule has 0 saturated heterocycles. The Kier molecular flexibility index (Phi) is 5.75. The maximum atomic E-state index is 11.9. The molecule has 24 heavy (non-hydrogen) atoms. The van der Waals surface area contributed by atoms with Crippen LogP contribution in [0.5, 0.6) is 0 Å². The van der Waals surface area contributed by atoms with Crippen molar-refractivity contribution in [1.82, 2.24) is 15.1 Å². The number of carboxylic acids is 1. The number of thioether (sulfide) groups is 1. The fourth-order valence-corrected chi connectivity index (χ4v) is 2.37. The van der Waals surface area contributed by atoms with E-state index in [0.717, 1.165) is 15.1 Å². The number of carboxylic acid groups (broad SMARTS) is 1. The number of aromatic nitrogens is 2. The second-order valence-electron chi connectivity index (χ2n) is 5.07. The highest BCUT2D eigenvalue weighted by Crippen LogP contribution is 2.20. The zero-order chi connectivity index (χ0) is 17.7. The van der Waals surface area contributed by atoms with Gasteiger partial charge >= 0.3 is 5.97 Å². The van der Waals surface area contributed by atoms with E-state index < -0.39 is 23.5 Å². The van der Waals surface area contributed by atoms with E-state index in [1.807, 2.05) is 30.5 Å². The molecular formula is C16H17N3O4S. The Balaban J connectivity index is 2.20. The lowest BCUT2D eigenvalue weighted by molar-refractivity contribution is -0.141. The van der Waals surface area contributed by atoms with Crippen molar-refractivity contribution in [2.45, 2.75) is 24.4 Å². The van der Waals surface area contributed by atoms with Gasteiger partial charge in [-0.3, -0.25) is 14.4 Å². The normalized spacial score (nSPS) is 11.8. The number of aliphatic carboxylic acids is 1. The van der Waals surface area contributed by atoms with Crippen LogP contribution in [-0.4, -0.2) is 39.1 Å². The minimum Gasteiger partial charge on any atom is -0.480 e. The Morgan fingerprint density at radius 1 is 1.25 bits per heavy atom. The molecule has 0 spiro atoms. The standard InChI is InChI=1S/C16H17N3O4S/c1-10(16(22)23)17-14(20)9-19-15(21)8-7-13(18-19)11-3-5-12(24-2)6-4-11/h3-8,10H,9H2,1-2H3,(H,17,20)(H,22,23)/t10-/m0/s1. The first-order valence-corrected chi connectivity index (χ1v) is 8.38. The van der Waals surface area contributed by atoms with Gasteiger partial charge in [-0.25, -0.2) is 4.68 Å². The number of rotatable bonds is 6. The second kappa shape index (κ2) is 7.78. The molecule has 126 valence electrons. The van der Waals surface area contributed by atoms with Crippen LogP contribution in [0.3, 0.4) is 0 Å². The number of nitrogens with zero attached hydrogens (tertiary/aromatic N) is 2. The van der Waals surface area contributed by atoms with Gasteiger partial charge in [0.05, 0.1) is 5.69 Å². The van der Waals surface area contributed by atoms with Crippen LogP contribution in [0.4, 0.5) is 0 Å². The van der Waals surface area contributed by atoms with Crippen LogP contribution in [0.25, 0.3) is 11.3 Å². The number of hydrogen-bond acceptors (Lipinski definition) is 5. The molecule has 1 atom stereocenters. The quantitative estimate of drug-likeness (QED) is 0.762. The predicted molar refractivity (Wildman–Crippen MR) is 91.0 cm³/mol. The van der Waals surface area contributed by atoms with Crippen LogP contribution < -0.4 is 10.9 Å². The molecule has 2 N–H and O–H groups in total. The summed E-state index contributed by atoms with van der Waals surface area (Å²) in [6, 6.07) is 9.54. The van der Waals surface area contributed by atoms with E-state index in [1.165, 1.54) is 13.0 Å². The molecule has 1 aromatic carbocycles. The van der Waals surface area contributed by atoms with Crippen molar-refractivity contribution >= 4 is 23.6 Å². The van der Waals surface area contributed by atoms with Gasteiger partial charge in [0, 0.05) is 16.5 Å². The maximum absolute atomic E-state index is 11.9. The Labute approximate surface area is 142 Å². The van der Waals surface area contributed by atoms with Crippen molar-refractivity contribution in [3.63, 3.8) is 0 Å². The molecule has 0 radical (unpaired) electrons. The third kappa shape index (κ3) is 4.45. The van der Waals surface area contributed by atoms with Crippen molar-refractivity contribution in [3.8, 4) is 11.3 Å². The second-order valence-corrected chi connectivity index (χ2v) is 5.95. The zero-order valence-corrected chi connectivity index (χ0v) is 14.0. The number of carbonyl (C=O) groups is 2. The molecule has 0 fully saturated rings. The minimum absolute atomic E-state index is 0.340. The molecule has 0 bridgehead atoms. The highest BCUT2D eigenvalue weighted by Gasteiger charge is 2.15. The average Bonchev–Trinajstić information content (AvgIpc) is 2.56. The molecule has 2 rings (SSSR count). The molecule has 0 aliphatic carbocycles. The number of amides is 1. The molecule has 1 amide bonds. The summed E-state index contributed by atoms with van der Waals surface area (Å²) in [6.45, 7) is 1.01. The fourth-order valence-electron chi connectivity index (χ4n) is 1.96. The molecule has 0 saturated carbocycles. The Hall–Kier alpha value is -2.61. The first-order valence-electron chi connectivity index (χ1n) is 7.15. The molecule has 7 nitrogen and oxygen atoms in total. The summed E-state index contributed by atoms with van der Waals surface area (Å²) in [5, 5.41) is 15.3. The van der Waals surface area contributed by atoms with Gasteiger partial charge in [-0.15, -0.1) is 11.8 Å². The van der Waals surface area contributed by atoms with Gasteiger partial charge in [-0.05, 0) is 31.4 Å². The number of hydrogen-bond donors (Lipinski definition) is 2. The molecule has 1 aromatic heterocycles. The Morgan fingerprint density at radius 3 is 2.50 bits per heavy atom. The molecule has 0 aliphatic heterocycles. The Bertz CT molecular complexity index is 802. The van der Waals surface area contributed by atoms with Gasteiger partial charge in [0.15, 0.2) is 0 Å². The predicted octanol–water partition coefficient (Wildman–Crippen LogP) is 1.22. The van der Waals surface area contributed by atoms with Gasteiger partial charge in [0.25, 0.3) is 5.56 Å². The SMILES string of the molecule is CSc1ccc(-c2ccc(=O)n(CC(=O)N[C@@H](C)C(=O)O)n2)cc1. The van der Waals surface area contributed by atoms with Crippen LogP contribution in [0.1, 0.15) is 6.92 Å². The summed E-state index contributed by atoms with van der Waals surface area (Å²) in [4.78, 5) is 35.5. The van der Waals surface area contributed by atoms with Gasteiger partial charge in [0.2, 0.25) is 5.91 Å². The summed E-state index contributed by atoms with van der Waals surface area (Å²) < 4.78 is 1.02. The summed E-state index contributed by atoms with van der Waals surface area (Å²) >= 11 is 1.62. The van der Waals surface area contributed by atoms with E-state index in [9.17, 15) is 14.4 Å².